The summed E-state index contributed by atoms with van der Waals surface area (Å²) in [6, 6.07) is 16.8. The molecule has 1 atom stereocenters. The van der Waals surface area contributed by atoms with E-state index in [0.29, 0.717) is 23.0 Å². The molecule has 28 heavy (non-hydrogen) atoms. The largest absolute Gasteiger partial charge is 0.325 e. The Morgan fingerprint density at radius 1 is 1.11 bits per heavy atom. The number of aromatic nitrogens is 3. The quantitative estimate of drug-likeness (QED) is 0.478. The van der Waals surface area contributed by atoms with Crippen molar-refractivity contribution < 1.29 is 9.59 Å². The Balaban J connectivity index is 1.73. The van der Waals surface area contributed by atoms with Crippen molar-refractivity contribution >= 4 is 29.1 Å². The fraction of sp³-hybridized carbons (Fsp3) is 0.238. The minimum Gasteiger partial charge on any atom is -0.325 e. The zero-order valence-electron chi connectivity index (χ0n) is 16.0. The third kappa shape index (κ3) is 4.48. The zero-order chi connectivity index (χ0) is 20.1. The van der Waals surface area contributed by atoms with Crippen LogP contribution in [0.1, 0.15) is 31.1 Å². The summed E-state index contributed by atoms with van der Waals surface area (Å²) in [7, 11) is 0. The summed E-state index contributed by atoms with van der Waals surface area (Å²) in [6.45, 7) is 6.05. The molecule has 3 aromatic rings. The molecule has 144 valence electrons. The monoisotopic (exact) mass is 394 g/mol. The number of thioether (sulfide) groups is 1. The molecule has 7 heteroatoms. The van der Waals surface area contributed by atoms with Crippen LogP contribution in [0.2, 0.25) is 0 Å². The molecule has 0 aliphatic heterocycles. The average molecular weight is 395 g/mol. The van der Waals surface area contributed by atoms with Gasteiger partial charge in [0.2, 0.25) is 5.91 Å². The van der Waals surface area contributed by atoms with Crippen molar-refractivity contribution in [3.8, 4) is 11.4 Å². The molecule has 0 saturated heterocycles. The number of benzene rings is 2. The number of nitrogens with one attached hydrogen (secondary N) is 1. The Morgan fingerprint density at radius 2 is 1.86 bits per heavy atom. The molecule has 6 nitrogen and oxygen atoms in total. The van der Waals surface area contributed by atoms with Gasteiger partial charge in [0.25, 0.3) is 0 Å². The van der Waals surface area contributed by atoms with Gasteiger partial charge >= 0.3 is 0 Å². The molecular formula is C21H22N4O2S. The number of hydrogen-bond donors (Lipinski definition) is 1. The Bertz CT molecular complexity index is 985. The highest BCUT2D eigenvalue weighted by molar-refractivity contribution is 8.00. The lowest BCUT2D eigenvalue weighted by Crippen LogP contribution is -2.23. The summed E-state index contributed by atoms with van der Waals surface area (Å²) < 4.78 is 2.00. The van der Waals surface area contributed by atoms with E-state index in [9.17, 15) is 9.59 Å². The molecule has 0 bridgehead atoms. The van der Waals surface area contributed by atoms with Gasteiger partial charge in [0, 0.05) is 23.4 Å². The fourth-order valence-corrected chi connectivity index (χ4v) is 3.65. The maximum Gasteiger partial charge on any atom is 0.237 e. The SMILES string of the molecule is CCn1c(S[C@@H](C)C(=O)Nc2cccc(C(C)=O)c2)nnc1-c1ccccc1. The zero-order valence-corrected chi connectivity index (χ0v) is 16.9. The highest BCUT2D eigenvalue weighted by Crippen LogP contribution is 2.27. The van der Waals surface area contributed by atoms with E-state index >= 15 is 0 Å². The molecule has 1 N–H and O–H groups in total. The average Bonchev–Trinajstić information content (AvgIpc) is 3.11. The van der Waals surface area contributed by atoms with Crippen LogP contribution in [0.4, 0.5) is 5.69 Å². The molecule has 0 aliphatic rings. The van der Waals surface area contributed by atoms with E-state index in [0.717, 1.165) is 11.4 Å². The molecule has 0 unspecified atom stereocenters. The van der Waals surface area contributed by atoms with Gasteiger partial charge in [-0.1, -0.05) is 54.2 Å². The number of Topliss-reactive ketones (excluding diaryl/α,β-unsaturated/α-hetero) is 1. The van der Waals surface area contributed by atoms with Gasteiger partial charge in [-0.3, -0.25) is 9.59 Å². The van der Waals surface area contributed by atoms with E-state index in [-0.39, 0.29) is 16.9 Å². The van der Waals surface area contributed by atoms with E-state index in [4.69, 9.17) is 0 Å². The second kappa shape index (κ2) is 8.84. The number of anilines is 1. The third-order valence-corrected chi connectivity index (χ3v) is 5.33. The van der Waals surface area contributed by atoms with Crippen LogP contribution in [-0.2, 0) is 11.3 Å². The van der Waals surface area contributed by atoms with Gasteiger partial charge in [-0.15, -0.1) is 10.2 Å². The van der Waals surface area contributed by atoms with Crippen LogP contribution in [-0.4, -0.2) is 31.7 Å². The van der Waals surface area contributed by atoms with Gasteiger partial charge in [0.05, 0.1) is 5.25 Å². The fourth-order valence-electron chi connectivity index (χ4n) is 2.73. The van der Waals surface area contributed by atoms with Crippen LogP contribution in [0.15, 0.2) is 59.8 Å². The third-order valence-electron chi connectivity index (χ3n) is 4.25. The number of ketones is 1. The predicted octanol–water partition coefficient (Wildman–Crippen LogP) is 4.29. The van der Waals surface area contributed by atoms with Crippen LogP contribution in [0.5, 0.6) is 0 Å². The Morgan fingerprint density at radius 3 is 2.54 bits per heavy atom. The molecule has 2 aromatic carbocycles. The first-order valence-corrected chi connectivity index (χ1v) is 9.94. The van der Waals surface area contributed by atoms with Gasteiger partial charge < -0.3 is 9.88 Å². The van der Waals surface area contributed by atoms with Crippen LogP contribution in [0.3, 0.4) is 0 Å². The van der Waals surface area contributed by atoms with Crippen LogP contribution in [0, 0.1) is 0 Å². The maximum atomic E-state index is 12.6. The van der Waals surface area contributed by atoms with Crippen molar-refractivity contribution in [1.82, 2.24) is 14.8 Å². The van der Waals surface area contributed by atoms with E-state index < -0.39 is 0 Å². The molecule has 0 saturated carbocycles. The normalized spacial score (nSPS) is 11.8. The van der Waals surface area contributed by atoms with Crippen LogP contribution >= 0.6 is 11.8 Å². The van der Waals surface area contributed by atoms with Crippen molar-refractivity contribution in [3.05, 3.63) is 60.2 Å². The first kappa shape index (κ1) is 19.8. The summed E-state index contributed by atoms with van der Waals surface area (Å²) >= 11 is 1.36. The molecule has 3 rings (SSSR count). The lowest BCUT2D eigenvalue weighted by molar-refractivity contribution is -0.115. The van der Waals surface area contributed by atoms with E-state index in [1.54, 1.807) is 24.3 Å². The minimum atomic E-state index is -0.376. The standard InChI is InChI=1S/C21H22N4O2S/c1-4-25-19(16-9-6-5-7-10-16)23-24-21(25)28-15(3)20(27)22-18-12-8-11-17(13-18)14(2)26/h5-13,15H,4H2,1-3H3,(H,22,27)/t15-/m0/s1. The lowest BCUT2D eigenvalue weighted by Gasteiger charge is -2.13. The van der Waals surface area contributed by atoms with Crippen molar-refractivity contribution in [1.29, 1.82) is 0 Å². The number of carbonyl (C=O) groups is 2. The van der Waals surface area contributed by atoms with Gasteiger partial charge in [0.1, 0.15) is 0 Å². The summed E-state index contributed by atoms with van der Waals surface area (Å²) in [5, 5.41) is 11.8. The molecule has 0 aliphatic carbocycles. The number of nitrogens with zero attached hydrogens (tertiary/aromatic N) is 3. The minimum absolute atomic E-state index is 0.0389. The molecule has 1 aromatic heterocycles. The smallest absolute Gasteiger partial charge is 0.237 e. The van der Waals surface area contributed by atoms with Crippen LogP contribution < -0.4 is 5.32 Å². The lowest BCUT2D eigenvalue weighted by atomic mass is 10.1. The topological polar surface area (TPSA) is 76.9 Å². The van der Waals surface area contributed by atoms with E-state index in [1.165, 1.54) is 18.7 Å². The van der Waals surface area contributed by atoms with Crippen molar-refractivity contribution in [2.75, 3.05) is 5.32 Å². The Kier molecular flexibility index (Phi) is 6.26. The van der Waals surface area contributed by atoms with Crippen molar-refractivity contribution in [3.63, 3.8) is 0 Å². The molecule has 0 spiro atoms. The molecule has 0 radical (unpaired) electrons. The van der Waals surface area contributed by atoms with E-state index in [2.05, 4.69) is 15.5 Å². The van der Waals surface area contributed by atoms with Gasteiger partial charge in [0.15, 0.2) is 16.8 Å². The molecule has 1 amide bonds. The number of hydrogen-bond acceptors (Lipinski definition) is 5. The highest BCUT2D eigenvalue weighted by atomic mass is 32.2. The Labute approximate surface area is 168 Å². The number of amides is 1. The van der Waals surface area contributed by atoms with Gasteiger partial charge in [-0.05, 0) is 32.9 Å². The van der Waals surface area contributed by atoms with Crippen molar-refractivity contribution in [2.24, 2.45) is 0 Å². The highest BCUT2D eigenvalue weighted by Gasteiger charge is 2.20. The van der Waals surface area contributed by atoms with Gasteiger partial charge in [-0.2, -0.15) is 0 Å². The molecule has 1 heterocycles. The second-order valence-corrected chi connectivity index (χ2v) is 7.61. The predicted molar refractivity (Wildman–Crippen MR) is 112 cm³/mol. The van der Waals surface area contributed by atoms with Crippen LogP contribution in [0.25, 0.3) is 11.4 Å². The summed E-state index contributed by atoms with van der Waals surface area (Å²) in [6.07, 6.45) is 0. The Hall–Kier alpha value is -2.93. The first-order valence-electron chi connectivity index (χ1n) is 9.06. The molecule has 0 fully saturated rings. The summed E-state index contributed by atoms with van der Waals surface area (Å²) in [5.41, 5.74) is 2.16. The van der Waals surface area contributed by atoms with E-state index in [1.807, 2.05) is 48.7 Å². The number of carbonyl (C=O) groups excluding carboxylic acids is 2. The number of rotatable bonds is 7. The van der Waals surface area contributed by atoms with Crippen molar-refractivity contribution in [2.45, 2.75) is 37.7 Å². The maximum absolute atomic E-state index is 12.6. The molecular weight excluding hydrogens is 372 g/mol. The van der Waals surface area contributed by atoms with Gasteiger partial charge in [-0.25, -0.2) is 0 Å². The second-order valence-electron chi connectivity index (χ2n) is 6.30. The summed E-state index contributed by atoms with van der Waals surface area (Å²) in [5.74, 6) is 0.591. The summed E-state index contributed by atoms with van der Waals surface area (Å²) in [4.78, 5) is 24.1. The first-order chi connectivity index (χ1) is 13.5.